The number of rotatable bonds is 5. The van der Waals surface area contributed by atoms with Gasteiger partial charge in [0.1, 0.15) is 5.57 Å². The number of hydrogen-bond acceptors (Lipinski definition) is 5. The smallest absolute Gasteiger partial charge is 0.343 e. The number of aldehydes is 1. The van der Waals surface area contributed by atoms with Gasteiger partial charge in [-0.3, -0.25) is 14.8 Å². The maximum Gasteiger partial charge on any atom is 0.343 e. The number of ether oxygens (including phenoxy) is 1. The van der Waals surface area contributed by atoms with Crippen molar-refractivity contribution >= 4 is 17.9 Å². The van der Waals surface area contributed by atoms with Gasteiger partial charge in [0.15, 0.2) is 6.29 Å². The molecule has 22 heavy (non-hydrogen) atoms. The molecule has 2 rings (SSSR count). The molecule has 1 fully saturated rings. The third kappa shape index (κ3) is 3.47. The molecule has 1 aromatic carbocycles. The van der Waals surface area contributed by atoms with E-state index < -0.39 is 5.97 Å². The zero-order chi connectivity index (χ0) is 15.9. The van der Waals surface area contributed by atoms with E-state index in [4.69, 9.17) is 4.74 Å². The van der Waals surface area contributed by atoms with Gasteiger partial charge in [-0.05, 0) is 38.3 Å². The number of para-hydroxylation sites is 1. The van der Waals surface area contributed by atoms with E-state index in [-0.39, 0.29) is 12.2 Å². The lowest BCUT2D eigenvalue weighted by Crippen LogP contribution is -2.43. The second-order valence-corrected chi connectivity index (χ2v) is 5.14. The molecule has 0 bridgehead atoms. The summed E-state index contributed by atoms with van der Waals surface area (Å²) in [6, 6.07) is 9.88. The zero-order valence-corrected chi connectivity index (χ0v) is 13.1. The summed E-state index contributed by atoms with van der Waals surface area (Å²) >= 11 is 0. The Morgan fingerprint density at radius 1 is 1.32 bits per heavy atom. The lowest BCUT2D eigenvalue weighted by Gasteiger charge is -2.40. The molecule has 118 valence electrons. The summed E-state index contributed by atoms with van der Waals surface area (Å²) in [5.41, 5.74) is 1.88. The molecule has 0 aliphatic carbocycles. The highest BCUT2D eigenvalue weighted by Crippen LogP contribution is 2.27. The Balaban J connectivity index is 2.34. The highest BCUT2D eigenvalue weighted by molar-refractivity contribution is 6.08. The second kappa shape index (κ2) is 7.64. The SMILES string of the molecule is CCOC(=O)/C(C=O)=C1\CCCCN1N(C)c1ccccc1. The van der Waals surface area contributed by atoms with Crippen molar-refractivity contribution < 1.29 is 14.3 Å². The van der Waals surface area contributed by atoms with E-state index in [9.17, 15) is 9.59 Å². The van der Waals surface area contributed by atoms with E-state index >= 15 is 0 Å². The third-order valence-electron chi connectivity index (χ3n) is 3.76. The van der Waals surface area contributed by atoms with Crippen molar-refractivity contribution in [2.75, 3.05) is 25.2 Å². The highest BCUT2D eigenvalue weighted by Gasteiger charge is 2.26. The largest absolute Gasteiger partial charge is 0.462 e. The summed E-state index contributed by atoms with van der Waals surface area (Å²) in [6.07, 6.45) is 3.30. The summed E-state index contributed by atoms with van der Waals surface area (Å²) in [6.45, 7) is 2.77. The van der Waals surface area contributed by atoms with E-state index in [0.717, 1.165) is 30.8 Å². The van der Waals surface area contributed by atoms with Crippen molar-refractivity contribution in [3.63, 3.8) is 0 Å². The van der Waals surface area contributed by atoms with Crippen LogP contribution < -0.4 is 5.01 Å². The molecule has 0 N–H and O–H groups in total. The van der Waals surface area contributed by atoms with Crippen LogP contribution in [0.25, 0.3) is 0 Å². The van der Waals surface area contributed by atoms with Crippen LogP contribution in [0, 0.1) is 0 Å². The van der Waals surface area contributed by atoms with Gasteiger partial charge in [0, 0.05) is 13.6 Å². The van der Waals surface area contributed by atoms with E-state index in [1.54, 1.807) is 6.92 Å². The molecule has 0 spiro atoms. The predicted octanol–water partition coefficient (Wildman–Crippen LogP) is 2.54. The number of hydrazine groups is 1. The number of nitrogens with zero attached hydrogens (tertiary/aromatic N) is 2. The topological polar surface area (TPSA) is 49.9 Å². The number of carbonyl (C=O) groups is 2. The van der Waals surface area contributed by atoms with Gasteiger partial charge in [0.25, 0.3) is 0 Å². The fraction of sp³-hybridized carbons (Fsp3) is 0.412. The molecule has 1 aromatic rings. The van der Waals surface area contributed by atoms with Crippen LogP contribution in [0.15, 0.2) is 41.6 Å². The molecule has 0 saturated carbocycles. The quantitative estimate of drug-likeness (QED) is 0.275. The molecule has 5 heteroatoms. The Bertz CT molecular complexity index is 554. The fourth-order valence-electron chi connectivity index (χ4n) is 2.65. The summed E-state index contributed by atoms with van der Waals surface area (Å²) in [5, 5.41) is 3.98. The van der Waals surface area contributed by atoms with Gasteiger partial charge in [-0.2, -0.15) is 0 Å². The van der Waals surface area contributed by atoms with Gasteiger partial charge < -0.3 is 4.74 Å². The number of benzene rings is 1. The number of hydrogen-bond donors (Lipinski definition) is 0. The molecule has 0 radical (unpaired) electrons. The van der Waals surface area contributed by atoms with Gasteiger partial charge in [-0.25, -0.2) is 4.79 Å². The third-order valence-corrected chi connectivity index (χ3v) is 3.76. The van der Waals surface area contributed by atoms with Crippen LogP contribution in [-0.4, -0.2) is 37.5 Å². The van der Waals surface area contributed by atoms with Crippen molar-refractivity contribution in [2.45, 2.75) is 26.2 Å². The predicted molar refractivity (Wildman–Crippen MR) is 85.1 cm³/mol. The first-order valence-electron chi connectivity index (χ1n) is 7.60. The number of allylic oxidation sites excluding steroid dienone is 1. The zero-order valence-electron chi connectivity index (χ0n) is 13.1. The van der Waals surface area contributed by atoms with Crippen molar-refractivity contribution in [2.24, 2.45) is 0 Å². The number of esters is 1. The summed E-state index contributed by atoms with van der Waals surface area (Å²) < 4.78 is 5.01. The monoisotopic (exact) mass is 302 g/mol. The van der Waals surface area contributed by atoms with Crippen molar-refractivity contribution in [1.82, 2.24) is 5.01 Å². The standard InChI is InChI=1S/C17H22N2O3/c1-3-22-17(21)15(13-20)16-11-7-8-12-19(16)18(2)14-9-5-4-6-10-14/h4-6,9-10,13H,3,7-8,11-12H2,1-2H3/b16-15+. The molecule has 1 aliphatic rings. The number of carbonyl (C=O) groups excluding carboxylic acids is 2. The van der Waals surface area contributed by atoms with Crippen molar-refractivity contribution in [1.29, 1.82) is 0 Å². The molecule has 5 nitrogen and oxygen atoms in total. The molecule has 1 saturated heterocycles. The molecule has 0 atom stereocenters. The van der Waals surface area contributed by atoms with Crippen LogP contribution in [-0.2, 0) is 14.3 Å². The molecular weight excluding hydrogens is 280 g/mol. The second-order valence-electron chi connectivity index (χ2n) is 5.14. The lowest BCUT2D eigenvalue weighted by atomic mass is 10.0. The molecule has 0 unspecified atom stereocenters. The minimum Gasteiger partial charge on any atom is -0.462 e. The van der Waals surface area contributed by atoms with Gasteiger partial charge >= 0.3 is 5.97 Å². The van der Waals surface area contributed by atoms with Gasteiger partial charge in [-0.15, -0.1) is 0 Å². The van der Waals surface area contributed by atoms with Crippen LogP contribution >= 0.6 is 0 Å². The van der Waals surface area contributed by atoms with Crippen LogP contribution in [0.2, 0.25) is 0 Å². The Labute approximate surface area is 131 Å². The van der Waals surface area contributed by atoms with Crippen LogP contribution in [0.5, 0.6) is 0 Å². The normalized spacial score (nSPS) is 16.9. The minimum atomic E-state index is -0.541. The maximum absolute atomic E-state index is 12.0. The Morgan fingerprint density at radius 2 is 2.05 bits per heavy atom. The minimum absolute atomic E-state index is 0.129. The highest BCUT2D eigenvalue weighted by atomic mass is 16.5. The molecule has 1 aliphatic heterocycles. The van der Waals surface area contributed by atoms with Gasteiger partial charge in [0.2, 0.25) is 0 Å². The number of piperidine rings is 1. The van der Waals surface area contributed by atoms with Gasteiger partial charge in [-0.1, -0.05) is 18.2 Å². The summed E-state index contributed by atoms with van der Waals surface area (Å²) in [7, 11) is 1.94. The Hall–Kier alpha value is -2.30. The lowest BCUT2D eigenvalue weighted by molar-refractivity contribution is -0.139. The Kier molecular flexibility index (Phi) is 5.58. The first-order valence-corrected chi connectivity index (χ1v) is 7.60. The van der Waals surface area contributed by atoms with Crippen LogP contribution in [0.3, 0.4) is 0 Å². The molecular formula is C17H22N2O3. The van der Waals surface area contributed by atoms with E-state index in [1.165, 1.54) is 0 Å². The number of anilines is 1. The fourth-order valence-corrected chi connectivity index (χ4v) is 2.65. The van der Waals surface area contributed by atoms with Crippen molar-refractivity contribution in [3.05, 3.63) is 41.6 Å². The first kappa shape index (κ1) is 16.1. The molecule has 0 amide bonds. The molecule has 0 aromatic heterocycles. The average molecular weight is 302 g/mol. The van der Waals surface area contributed by atoms with Crippen LogP contribution in [0.4, 0.5) is 5.69 Å². The van der Waals surface area contributed by atoms with E-state index in [2.05, 4.69) is 0 Å². The van der Waals surface area contributed by atoms with E-state index in [1.807, 2.05) is 47.4 Å². The van der Waals surface area contributed by atoms with Crippen molar-refractivity contribution in [3.8, 4) is 0 Å². The van der Waals surface area contributed by atoms with Gasteiger partial charge in [0.05, 0.1) is 18.0 Å². The maximum atomic E-state index is 12.0. The Morgan fingerprint density at radius 3 is 2.68 bits per heavy atom. The summed E-state index contributed by atoms with van der Waals surface area (Å²) in [4.78, 5) is 23.4. The first-order chi connectivity index (χ1) is 10.7. The molecule has 1 heterocycles. The van der Waals surface area contributed by atoms with Crippen LogP contribution in [0.1, 0.15) is 26.2 Å². The summed E-state index contributed by atoms with van der Waals surface area (Å²) in [5.74, 6) is -0.541. The average Bonchev–Trinajstić information content (AvgIpc) is 2.56. The van der Waals surface area contributed by atoms with E-state index in [0.29, 0.717) is 12.7 Å².